The first-order valence-electron chi connectivity index (χ1n) is 9.21. The topological polar surface area (TPSA) is 139 Å². The molecular formula is C18H21N5O5S. The molecule has 0 saturated carbocycles. The van der Waals surface area contributed by atoms with E-state index in [1.54, 1.807) is 18.2 Å². The normalized spacial score (nSPS) is 17.3. The molecule has 1 aromatic carbocycles. The fourth-order valence-electron chi connectivity index (χ4n) is 3.67. The molecule has 1 saturated heterocycles. The third-order valence-electron chi connectivity index (χ3n) is 5.18. The highest BCUT2D eigenvalue weighted by Crippen LogP contribution is 2.35. The Morgan fingerprint density at radius 2 is 1.93 bits per heavy atom. The van der Waals surface area contributed by atoms with Crippen LogP contribution >= 0.6 is 0 Å². The van der Waals surface area contributed by atoms with Crippen LogP contribution in [-0.2, 0) is 16.4 Å². The van der Waals surface area contributed by atoms with E-state index in [4.69, 9.17) is 15.0 Å². The minimum absolute atomic E-state index is 0.0949. The van der Waals surface area contributed by atoms with E-state index in [0.29, 0.717) is 50.6 Å². The summed E-state index contributed by atoms with van der Waals surface area (Å²) in [5, 5.41) is 14.2. The zero-order valence-corrected chi connectivity index (χ0v) is 16.4. The van der Waals surface area contributed by atoms with Crippen LogP contribution in [0.15, 0.2) is 35.5 Å². The molecule has 0 aliphatic carbocycles. The summed E-state index contributed by atoms with van der Waals surface area (Å²) >= 11 is 0. The molecule has 0 unspecified atom stereocenters. The van der Waals surface area contributed by atoms with Crippen molar-refractivity contribution in [2.45, 2.75) is 30.3 Å². The number of benzene rings is 1. The van der Waals surface area contributed by atoms with Crippen molar-refractivity contribution < 1.29 is 23.1 Å². The Morgan fingerprint density at radius 1 is 1.17 bits per heavy atom. The average molecular weight is 419 g/mol. The number of hydrogen-bond acceptors (Lipinski definition) is 7. The number of anilines is 2. The summed E-state index contributed by atoms with van der Waals surface area (Å²) in [5.41, 5.74) is 1.76. The van der Waals surface area contributed by atoms with Crippen molar-refractivity contribution in [2.24, 2.45) is 5.14 Å². The number of sulfonamides is 1. The van der Waals surface area contributed by atoms with Gasteiger partial charge in [0.25, 0.3) is 0 Å². The number of aromatic nitrogens is 2. The van der Waals surface area contributed by atoms with Gasteiger partial charge in [-0.3, -0.25) is 0 Å². The van der Waals surface area contributed by atoms with Crippen molar-refractivity contribution >= 4 is 27.6 Å². The van der Waals surface area contributed by atoms with E-state index in [2.05, 4.69) is 9.97 Å². The number of likely N-dealkylation sites (tertiary alicyclic amines) is 1. The summed E-state index contributed by atoms with van der Waals surface area (Å²) < 4.78 is 29.1. The van der Waals surface area contributed by atoms with Crippen LogP contribution in [0.5, 0.6) is 5.88 Å². The Morgan fingerprint density at radius 3 is 2.62 bits per heavy atom. The standard InChI is InChI=1S/C18H21N5O5S/c19-29(26,27)14-1-2-15-12(9-14)3-8-23(15)16-10-17(21-11-20-16)28-13-4-6-22(7-5-13)18(24)25/h1-2,9-11,13H,3-8H2,(H,24,25)(H2,19,26,27). The van der Waals surface area contributed by atoms with Crippen LogP contribution in [0.25, 0.3) is 0 Å². The van der Waals surface area contributed by atoms with Crippen molar-refractivity contribution in [3.05, 3.63) is 36.2 Å². The van der Waals surface area contributed by atoms with Gasteiger partial charge >= 0.3 is 6.09 Å². The number of amides is 1. The van der Waals surface area contributed by atoms with Crippen LogP contribution in [0, 0.1) is 0 Å². The molecule has 3 N–H and O–H groups in total. The van der Waals surface area contributed by atoms with Gasteiger partial charge in [0.2, 0.25) is 15.9 Å². The number of rotatable bonds is 4. The second-order valence-electron chi connectivity index (χ2n) is 7.04. The zero-order chi connectivity index (χ0) is 20.6. The average Bonchev–Trinajstić information content (AvgIpc) is 3.11. The van der Waals surface area contributed by atoms with Crippen molar-refractivity contribution in [1.82, 2.24) is 14.9 Å². The minimum atomic E-state index is -3.74. The number of carbonyl (C=O) groups is 1. The van der Waals surface area contributed by atoms with Gasteiger partial charge < -0.3 is 19.6 Å². The highest BCUT2D eigenvalue weighted by Gasteiger charge is 2.26. The van der Waals surface area contributed by atoms with Gasteiger partial charge in [0.05, 0.1) is 4.90 Å². The van der Waals surface area contributed by atoms with Gasteiger partial charge in [0, 0.05) is 44.2 Å². The first-order valence-corrected chi connectivity index (χ1v) is 10.8. The molecule has 1 aromatic heterocycles. The number of nitrogens with two attached hydrogens (primary N) is 1. The fraction of sp³-hybridized carbons (Fsp3) is 0.389. The third kappa shape index (κ3) is 4.10. The first-order chi connectivity index (χ1) is 13.8. The minimum Gasteiger partial charge on any atom is -0.474 e. The molecule has 4 rings (SSSR count). The lowest BCUT2D eigenvalue weighted by atomic mass is 10.1. The largest absolute Gasteiger partial charge is 0.474 e. The lowest BCUT2D eigenvalue weighted by Crippen LogP contribution is -2.41. The lowest BCUT2D eigenvalue weighted by molar-refractivity contribution is 0.0870. The van der Waals surface area contributed by atoms with Gasteiger partial charge in [-0.15, -0.1) is 0 Å². The van der Waals surface area contributed by atoms with E-state index in [-0.39, 0.29) is 11.0 Å². The van der Waals surface area contributed by atoms with E-state index in [0.717, 1.165) is 11.3 Å². The monoisotopic (exact) mass is 419 g/mol. The maximum atomic E-state index is 11.6. The molecule has 2 aliphatic heterocycles. The molecule has 2 aromatic rings. The molecule has 2 aliphatic rings. The molecule has 11 heteroatoms. The van der Waals surface area contributed by atoms with E-state index in [1.807, 2.05) is 4.90 Å². The van der Waals surface area contributed by atoms with Gasteiger partial charge in [-0.25, -0.2) is 28.3 Å². The Kier molecular flexibility index (Phi) is 5.01. The van der Waals surface area contributed by atoms with Crippen molar-refractivity contribution in [3.63, 3.8) is 0 Å². The number of hydrogen-bond donors (Lipinski definition) is 2. The molecule has 0 spiro atoms. The van der Waals surface area contributed by atoms with Crippen molar-refractivity contribution in [3.8, 4) is 5.88 Å². The van der Waals surface area contributed by atoms with Gasteiger partial charge in [-0.05, 0) is 30.2 Å². The summed E-state index contributed by atoms with van der Waals surface area (Å²) in [4.78, 5) is 23.0. The number of ether oxygens (including phenoxy) is 1. The van der Waals surface area contributed by atoms with E-state index >= 15 is 0 Å². The predicted octanol–water partition coefficient (Wildman–Crippen LogP) is 1.34. The SMILES string of the molecule is NS(=O)(=O)c1ccc2c(c1)CCN2c1cc(OC2CCN(C(=O)O)CC2)ncn1. The molecule has 0 radical (unpaired) electrons. The van der Waals surface area contributed by atoms with Gasteiger partial charge in [0.15, 0.2) is 0 Å². The molecule has 0 bridgehead atoms. The zero-order valence-electron chi connectivity index (χ0n) is 15.6. The van der Waals surface area contributed by atoms with Crippen molar-refractivity contribution in [1.29, 1.82) is 0 Å². The van der Waals surface area contributed by atoms with Crippen LogP contribution in [0.4, 0.5) is 16.3 Å². The third-order valence-corrected chi connectivity index (χ3v) is 6.09. The number of fused-ring (bicyclic) bond motifs is 1. The molecule has 0 atom stereocenters. The number of nitrogens with zero attached hydrogens (tertiary/aromatic N) is 4. The molecule has 1 fully saturated rings. The molecule has 154 valence electrons. The molecule has 3 heterocycles. The van der Waals surface area contributed by atoms with Crippen LogP contribution in [0.1, 0.15) is 18.4 Å². The Hall–Kier alpha value is -2.92. The van der Waals surface area contributed by atoms with E-state index in [1.165, 1.54) is 17.3 Å². The van der Waals surface area contributed by atoms with Crippen LogP contribution in [-0.4, -0.2) is 60.2 Å². The second kappa shape index (κ2) is 7.48. The Balaban J connectivity index is 1.49. The van der Waals surface area contributed by atoms with Crippen molar-refractivity contribution in [2.75, 3.05) is 24.5 Å². The van der Waals surface area contributed by atoms with E-state index in [9.17, 15) is 13.2 Å². The van der Waals surface area contributed by atoms with Gasteiger partial charge in [-0.1, -0.05) is 0 Å². The highest BCUT2D eigenvalue weighted by atomic mass is 32.2. The highest BCUT2D eigenvalue weighted by molar-refractivity contribution is 7.89. The number of piperidine rings is 1. The van der Waals surface area contributed by atoms with Crippen LogP contribution in [0.3, 0.4) is 0 Å². The van der Waals surface area contributed by atoms with Gasteiger partial charge in [-0.2, -0.15) is 0 Å². The van der Waals surface area contributed by atoms with Crippen LogP contribution in [0.2, 0.25) is 0 Å². The number of primary sulfonamides is 1. The van der Waals surface area contributed by atoms with Crippen LogP contribution < -0.4 is 14.8 Å². The van der Waals surface area contributed by atoms with E-state index < -0.39 is 16.1 Å². The predicted molar refractivity (Wildman–Crippen MR) is 104 cm³/mol. The molecule has 10 nitrogen and oxygen atoms in total. The Bertz CT molecular complexity index is 1040. The smallest absolute Gasteiger partial charge is 0.407 e. The molecular weight excluding hydrogens is 398 g/mol. The quantitative estimate of drug-likeness (QED) is 0.757. The molecule has 1 amide bonds. The first kappa shape index (κ1) is 19.4. The summed E-state index contributed by atoms with van der Waals surface area (Å²) in [6.07, 6.45) is 2.30. The summed E-state index contributed by atoms with van der Waals surface area (Å²) in [7, 11) is -3.74. The molecule has 29 heavy (non-hydrogen) atoms. The number of carboxylic acid groups (broad SMARTS) is 1. The maximum Gasteiger partial charge on any atom is 0.407 e. The Labute approximate surface area is 168 Å². The summed E-state index contributed by atoms with van der Waals surface area (Å²) in [6, 6.07) is 6.55. The second-order valence-corrected chi connectivity index (χ2v) is 8.60. The maximum absolute atomic E-state index is 11.6. The lowest BCUT2D eigenvalue weighted by Gasteiger charge is -2.30. The summed E-state index contributed by atoms with van der Waals surface area (Å²) in [6.45, 7) is 1.52. The fourth-order valence-corrected chi connectivity index (χ4v) is 4.23. The van der Waals surface area contributed by atoms with Gasteiger partial charge in [0.1, 0.15) is 18.2 Å². The summed E-state index contributed by atoms with van der Waals surface area (Å²) in [5.74, 6) is 1.08.